The summed E-state index contributed by atoms with van der Waals surface area (Å²) in [4.78, 5) is 28.2. The Hall–Kier alpha value is -2.48. The standard InChI is InChI=1S/C23H35N7O/c1-5-18-13-30(11-8-24-15(2)3)22(27-18)17-6-9-29(10-7-17)23-20-16(4)12-19(31)28-21(20)25-14-26-23/h13-17,24H,5-12H2,1-4H3,(H,25,26,28,31). The Bertz CT molecular complexity index is 915. The smallest absolute Gasteiger partial charge is 0.226 e. The van der Waals surface area contributed by atoms with Gasteiger partial charge in [-0.15, -0.1) is 0 Å². The van der Waals surface area contributed by atoms with Crippen molar-refractivity contribution in [3.05, 3.63) is 29.6 Å². The molecule has 168 valence electrons. The summed E-state index contributed by atoms with van der Waals surface area (Å²) in [6.45, 7) is 12.4. The number of hydrogen-bond acceptors (Lipinski definition) is 6. The van der Waals surface area contributed by atoms with Crippen molar-refractivity contribution in [2.75, 3.05) is 29.9 Å². The lowest BCUT2D eigenvalue weighted by Gasteiger charge is -2.35. The van der Waals surface area contributed by atoms with E-state index >= 15 is 0 Å². The molecular formula is C23H35N7O. The molecule has 1 atom stereocenters. The lowest BCUT2D eigenvalue weighted by Crippen LogP contribution is -2.36. The molecule has 0 spiro atoms. The van der Waals surface area contributed by atoms with Gasteiger partial charge in [-0.1, -0.05) is 27.7 Å². The molecule has 2 aromatic rings. The summed E-state index contributed by atoms with van der Waals surface area (Å²) in [6.07, 6.45) is 7.36. The molecule has 1 unspecified atom stereocenters. The number of nitrogens with zero attached hydrogens (tertiary/aromatic N) is 5. The summed E-state index contributed by atoms with van der Waals surface area (Å²) >= 11 is 0. The van der Waals surface area contributed by atoms with Crippen molar-refractivity contribution in [1.29, 1.82) is 0 Å². The monoisotopic (exact) mass is 425 g/mol. The molecular weight excluding hydrogens is 390 g/mol. The molecule has 4 rings (SSSR count). The van der Waals surface area contributed by atoms with Gasteiger partial charge in [0.2, 0.25) is 5.91 Å². The molecule has 0 saturated carbocycles. The van der Waals surface area contributed by atoms with Crippen LogP contribution < -0.4 is 15.5 Å². The number of fused-ring (bicyclic) bond motifs is 1. The first-order valence-corrected chi connectivity index (χ1v) is 11.6. The topological polar surface area (TPSA) is 88.0 Å². The second-order valence-corrected chi connectivity index (χ2v) is 9.12. The maximum atomic E-state index is 11.9. The van der Waals surface area contributed by atoms with Crippen LogP contribution in [-0.4, -0.2) is 51.1 Å². The molecule has 8 nitrogen and oxygen atoms in total. The minimum Gasteiger partial charge on any atom is -0.356 e. The molecule has 0 aliphatic carbocycles. The summed E-state index contributed by atoms with van der Waals surface area (Å²) < 4.78 is 2.36. The number of aromatic nitrogens is 4. The molecule has 4 heterocycles. The van der Waals surface area contributed by atoms with E-state index in [1.165, 1.54) is 11.5 Å². The molecule has 1 amide bonds. The molecule has 1 saturated heterocycles. The second kappa shape index (κ2) is 9.34. The van der Waals surface area contributed by atoms with Gasteiger partial charge in [-0.25, -0.2) is 15.0 Å². The van der Waals surface area contributed by atoms with E-state index in [0.717, 1.165) is 56.8 Å². The number of carbonyl (C=O) groups excluding carboxylic acids is 1. The van der Waals surface area contributed by atoms with Crippen molar-refractivity contribution in [2.45, 2.75) is 77.8 Å². The first-order valence-electron chi connectivity index (χ1n) is 11.6. The van der Waals surface area contributed by atoms with Crippen LogP contribution in [0.15, 0.2) is 12.5 Å². The maximum Gasteiger partial charge on any atom is 0.226 e. The Labute approximate surface area is 184 Å². The van der Waals surface area contributed by atoms with Gasteiger partial charge in [0.25, 0.3) is 0 Å². The van der Waals surface area contributed by atoms with Crippen molar-refractivity contribution < 1.29 is 4.79 Å². The van der Waals surface area contributed by atoms with Crippen LogP contribution in [-0.2, 0) is 17.8 Å². The highest BCUT2D eigenvalue weighted by Crippen LogP contribution is 2.38. The highest BCUT2D eigenvalue weighted by atomic mass is 16.1. The predicted octanol–water partition coefficient (Wildman–Crippen LogP) is 3.06. The van der Waals surface area contributed by atoms with Crippen LogP contribution >= 0.6 is 0 Å². The quantitative estimate of drug-likeness (QED) is 0.709. The van der Waals surface area contributed by atoms with Crippen LogP contribution in [0.3, 0.4) is 0 Å². The SMILES string of the molecule is CCc1cn(CCNC(C)C)c(C2CCN(c3ncnc4c3C(C)CC(=O)N4)CC2)n1. The van der Waals surface area contributed by atoms with Gasteiger partial charge < -0.3 is 20.1 Å². The van der Waals surface area contributed by atoms with E-state index in [4.69, 9.17) is 4.98 Å². The number of piperidine rings is 1. The van der Waals surface area contributed by atoms with Crippen molar-refractivity contribution in [3.63, 3.8) is 0 Å². The van der Waals surface area contributed by atoms with E-state index < -0.39 is 0 Å². The van der Waals surface area contributed by atoms with Crippen LogP contribution in [0.5, 0.6) is 0 Å². The van der Waals surface area contributed by atoms with Crippen LogP contribution in [0.1, 0.15) is 75.9 Å². The van der Waals surface area contributed by atoms with Gasteiger partial charge in [-0.3, -0.25) is 4.79 Å². The lowest BCUT2D eigenvalue weighted by atomic mass is 9.92. The zero-order chi connectivity index (χ0) is 22.0. The molecule has 0 radical (unpaired) electrons. The minimum absolute atomic E-state index is 0.0360. The van der Waals surface area contributed by atoms with Crippen LogP contribution in [0.25, 0.3) is 0 Å². The maximum absolute atomic E-state index is 11.9. The Morgan fingerprint density at radius 2 is 2.03 bits per heavy atom. The van der Waals surface area contributed by atoms with Crippen molar-refractivity contribution in [1.82, 2.24) is 24.8 Å². The third kappa shape index (κ3) is 4.74. The molecule has 0 bridgehead atoms. The highest BCUT2D eigenvalue weighted by Gasteiger charge is 2.31. The average molecular weight is 426 g/mol. The van der Waals surface area contributed by atoms with Gasteiger partial charge in [0.1, 0.15) is 23.8 Å². The molecule has 8 heteroatoms. The molecule has 2 N–H and O–H groups in total. The Balaban J connectivity index is 1.47. The molecule has 2 aromatic heterocycles. The predicted molar refractivity (Wildman–Crippen MR) is 123 cm³/mol. The Morgan fingerprint density at radius 1 is 1.26 bits per heavy atom. The molecule has 31 heavy (non-hydrogen) atoms. The Kier molecular flexibility index (Phi) is 6.55. The van der Waals surface area contributed by atoms with Crippen LogP contribution in [0.4, 0.5) is 11.6 Å². The lowest BCUT2D eigenvalue weighted by molar-refractivity contribution is -0.116. The summed E-state index contributed by atoms with van der Waals surface area (Å²) in [5.41, 5.74) is 2.26. The third-order valence-electron chi connectivity index (χ3n) is 6.39. The van der Waals surface area contributed by atoms with E-state index in [-0.39, 0.29) is 11.8 Å². The summed E-state index contributed by atoms with van der Waals surface area (Å²) in [5.74, 6) is 3.52. The van der Waals surface area contributed by atoms with Crippen molar-refractivity contribution in [2.24, 2.45) is 0 Å². The van der Waals surface area contributed by atoms with Crippen LogP contribution in [0.2, 0.25) is 0 Å². The van der Waals surface area contributed by atoms with Gasteiger partial charge in [0.05, 0.1) is 5.69 Å². The number of amides is 1. The first-order chi connectivity index (χ1) is 15.0. The molecule has 0 aromatic carbocycles. The molecule has 1 fully saturated rings. The van der Waals surface area contributed by atoms with E-state index in [0.29, 0.717) is 24.2 Å². The van der Waals surface area contributed by atoms with E-state index in [1.54, 1.807) is 6.33 Å². The van der Waals surface area contributed by atoms with Crippen molar-refractivity contribution in [3.8, 4) is 0 Å². The van der Waals surface area contributed by atoms with E-state index in [2.05, 4.69) is 64.0 Å². The fourth-order valence-corrected chi connectivity index (χ4v) is 4.74. The second-order valence-electron chi connectivity index (χ2n) is 9.12. The number of anilines is 2. The number of imidazole rings is 1. The zero-order valence-corrected chi connectivity index (χ0v) is 19.2. The number of nitrogens with one attached hydrogen (secondary N) is 2. The van der Waals surface area contributed by atoms with Gasteiger partial charge in [-0.05, 0) is 25.2 Å². The summed E-state index contributed by atoms with van der Waals surface area (Å²) in [7, 11) is 0. The van der Waals surface area contributed by atoms with Crippen LogP contribution in [0, 0.1) is 0 Å². The normalized spacial score (nSPS) is 19.6. The molecule has 2 aliphatic rings. The zero-order valence-electron chi connectivity index (χ0n) is 19.2. The largest absolute Gasteiger partial charge is 0.356 e. The number of rotatable bonds is 7. The van der Waals surface area contributed by atoms with Crippen molar-refractivity contribution >= 4 is 17.5 Å². The third-order valence-corrected chi connectivity index (χ3v) is 6.39. The average Bonchev–Trinajstić information content (AvgIpc) is 3.16. The van der Waals surface area contributed by atoms with Gasteiger partial charge in [0, 0.05) is 56.3 Å². The number of aryl methyl sites for hydroxylation is 1. The summed E-state index contributed by atoms with van der Waals surface area (Å²) in [6, 6.07) is 0.492. The minimum atomic E-state index is 0.0360. The van der Waals surface area contributed by atoms with E-state index in [1.807, 2.05) is 0 Å². The number of hydrogen-bond donors (Lipinski definition) is 2. The first kappa shape index (κ1) is 21.7. The fraction of sp³-hybridized carbons (Fsp3) is 0.652. The fourth-order valence-electron chi connectivity index (χ4n) is 4.74. The van der Waals surface area contributed by atoms with Gasteiger partial charge in [-0.2, -0.15) is 0 Å². The van der Waals surface area contributed by atoms with Gasteiger partial charge >= 0.3 is 0 Å². The highest BCUT2D eigenvalue weighted by molar-refractivity contribution is 5.94. The molecule has 2 aliphatic heterocycles. The van der Waals surface area contributed by atoms with Gasteiger partial charge in [0.15, 0.2) is 0 Å². The van der Waals surface area contributed by atoms with E-state index in [9.17, 15) is 4.79 Å². The Morgan fingerprint density at radius 3 is 2.74 bits per heavy atom. The number of carbonyl (C=O) groups is 1. The summed E-state index contributed by atoms with van der Waals surface area (Å²) in [5, 5.41) is 6.43.